The van der Waals surface area contributed by atoms with Crippen LogP contribution < -0.4 is 0 Å². The molecule has 16 heavy (non-hydrogen) atoms. The molecule has 0 radical (unpaired) electrons. The summed E-state index contributed by atoms with van der Waals surface area (Å²) in [4.78, 5) is 2.76. The summed E-state index contributed by atoms with van der Waals surface area (Å²) in [6, 6.07) is -0.294. The first-order valence-corrected chi connectivity index (χ1v) is 6.55. The Morgan fingerprint density at radius 2 is 1.94 bits per heavy atom. The molecule has 0 heterocycles. The molecule has 1 aliphatic carbocycles. The first-order chi connectivity index (χ1) is 7.65. The number of azide groups is 1. The summed E-state index contributed by atoms with van der Waals surface area (Å²) >= 11 is 0. The van der Waals surface area contributed by atoms with E-state index in [2.05, 4.69) is 10.0 Å². The first-order valence-electron chi connectivity index (χ1n) is 5.09. The maximum Gasteiger partial charge on any atom is 0.474 e. The zero-order valence-corrected chi connectivity index (χ0v) is 10.3. The van der Waals surface area contributed by atoms with Crippen LogP contribution >= 0.6 is 7.82 Å². The molecule has 92 valence electrons. The number of hydrogen-bond donors (Lipinski definition) is 0. The number of nitrogens with zero attached hydrogens (tertiary/aromatic N) is 3. The van der Waals surface area contributed by atoms with Crippen molar-refractivity contribution in [3.63, 3.8) is 0 Å². The van der Waals surface area contributed by atoms with Gasteiger partial charge >= 0.3 is 7.82 Å². The van der Waals surface area contributed by atoms with Gasteiger partial charge in [-0.2, -0.15) is 0 Å². The van der Waals surface area contributed by atoms with E-state index in [9.17, 15) is 4.57 Å². The normalized spacial score (nSPS) is 26.1. The van der Waals surface area contributed by atoms with Crippen LogP contribution in [0.5, 0.6) is 0 Å². The molecule has 1 saturated carbocycles. The van der Waals surface area contributed by atoms with Gasteiger partial charge in [0.2, 0.25) is 0 Å². The van der Waals surface area contributed by atoms with Gasteiger partial charge in [0.05, 0.1) is 12.1 Å². The second-order valence-electron chi connectivity index (χ2n) is 3.51. The molecule has 1 rings (SSSR count). The van der Waals surface area contributed by atoms with Gasteiger partial charge in [0.25, 0.3) is 0 Å². The van der Waals surface area contributed by atoms with E-state index < -0.39 is 13.9 Å². The number of rotatable bonds is 5. The Hall–Kier alpha value is -0.580. The number of hydrogen-bond acceptors (Lipinski definition) is 5. The quantitative estimate of drug-likeness (QED) is 0.324. The van der Waals surface area contributed by atoms with Crippen molar-refractivity contribution in [3.8, 4) is 0 Å². The maximum atomic E-state index is 11.8. The van der Waals surface area contributed by atoms with Gasteiger partial charge in [0.15, 0.2) is 0 Å². The number of phosphoric acid groups is 1. The summed E-state index contributed by atoms with van der Waals surface area (Å²) in [6.45, 7) is 0. The minimum Gasteiger partial charge on any atom is -0.290 e. The molecular formula is C8H16N3O4P. The van der Waals surface area contributed by atoms with Crippen molar-refractivity contribution in [1.29, 1.82) is 0 Å². The van der Waals surface area contributed by atoms with Crippen LogP contribution in [0.4, 0.5) is 0 Å². The molecule has 0 saturated heterocycles. The van der Waals surface area contributed by atoms with Gasteiger partial charge in [0.1, 0.15) is 0 Å². The average molecular weight is 249 g/mol. The first kappa shape index (κ1) is 13.5. The Labute approximate surface area is 94.3 Å². The molecule has 0 aliphatic heterocycles. The smallest absolute Gasteiger partial charge is 0.290 e. The number of phosphoric ester groups is 1. The van der Waals surface area contributed by atoms with Crippen molar-refractivity contribution in [2.24, 2.45) is 5.11 Å². The average Bonchev–Trinajstić information content (AvgIpc) is 2.32. The van der Waals surface area contributed by atoms with Gasteiger partial charge < -0.3 is 0 Å². The summed E-state index contributed by atoms with van der Waals surface area (Å²) in [7, 11) is -0.975. The van der Waals surface area contributed by atoms with Gasteiger partial charge in [-0.25, -0.2) is 4.57 Å². The molecule has 0 N–H and O–H groups in total. The van der Waals surface area contributed by atoms with E-state index in [4.69, 9.17) is 19.1 Å². The van der Waals surface area contributed by atoms with Crippen LogP contribution in [0.2, 0.25) is 0 Å². The van der Waals surface area contributed by atoms with Crippen molar-refractivity contribution in [1.82, 2.24) is 0 Å². The standard InChI is InChI=1S/C8H16N3O4P/c1-13-16(12,14-2)15-8-6-4-3-5-7(8)10-11-9/h7-8H,3-6H2,1-2H3/t7-,8-/m1/s1. The molecule has 0 unspecified atom stereocenters. The predicted molar refractivity (Wildman–Crippen MR) is 57.9 cm³/mol. The Kier molecular flexibility index (Phi) is 5.25. The van der Waals surface area contributed by atoms with Gasteiger partial charge in [-0.15, -0.1) is 0 Å². The van der Waals surface area contributed by atoms with Crippen molar-refractivity contribution in [2.45, 2.75) is 37.8 Å². The van der Waals surface area contributed by atoms with Crippen LogP contribution in [0, 0.1) is 0 Å². The molecule has 2 atom stereocenters. The molecule has 1 aliphatic rings. The highest BCUT2D eigenvalue weighted by Crippen LogP contribution is 2.50. The topological polar surface area (TPSA) is 93.5 Å². The van der Waals surface area contributed by atoms with Crippen LogP contribution in [0.1, 0.15) is 25.7 Å². The second-order valence-corrected chi connectivity index (χ2v) is 5.35. The van der Waals surface area contributed by atoms with Gasteiger partial charge in [-0.1, -0.05) is 18.0 Å². The fourth-order valence-corrected chi connectivity index (χ4v) is 2.62. The van der Waals surface area contributed by atoms with E-state index in [-0.39, 0.29) is 6.04 Å². The predicted octanol–water partition coefficient (Wildman–Crippen LogP) is 3.03. The summed E-state index contributed by atoms with van der Waals surface area (Å²) in [5.74, 6) is 0. The van der Waals surface area contributed by atoms with Crippen molar-refractivity contribution in [3.05, 3.63) is 10.4 Å². The SMILES string of the molecule is COP(=O)(OC)O[C@@H]1CCCC[C@H]1N=[N+]=[N-]. The van der Waals surface area contributed by atoms with Gasteiger partial charge in [-0.05, 0) is 18.4 Å². The molecule has 8 heteroatoms. The third kappa shape index (κ3) is 3.47. The molecule has 1 fully saturated rings. The fraction of sp³-hybridized carbons (Fsp3) is 1.00. The zero-order valence-electron chi connectivity index (χ0n) is 9.40. The molecule has 0 amide bonds. The molecule has 0 aromatic heterocycles. The zero-order chi connectivity index (χ0) is 12.0. The molecule has 0 aromatic carbocycles. The van der Waals surface area contributed by atoms with Crippen LogP contribution in [-0.4, -0.2) is 26.4 Å². The van der Waals surface area contributed by atoms with Crippen molar-refractivity contribution >= 4 is 7.82 Å². The fourth-order valence-electron chi connectivity index (χ4n) is 1.73. The maximum absolute atomic E-state index is 11.8. The Balaban J connectivity index is 2.69. The Morgan fingerprint density at radius 1 is 1.31 bits per heavy atom. The van der Waals surface area contributed by atoms with E-state index >= 15 is 0 Å². The lowest BCUT2D eigenvalue weighted by atomic mass is 9.93. The highest BCUT2D eigenvalue weighted by molar-refractivity contribution is 7.48. The van der Waals surface area contributed by atoms with E-state index in [1.165, 1.54) is 14.2 Å². The van der Waals surface area contributed by atoms with Crippen LogP contribution in [0.3, 0.4) is 0 Å². The van der Waals surface area contributed by atoms with Crippen LogP contribution in [0.15, 0.2) is 5.11 Å². The largest absolute Gasteiger partial charge is 0.474 e. The summed E-state index contributed by atoms with van der Waals surface area (Å²) in [5.41, 5.74) is 8.42. The second kappa shape index (κ2) is 6.23. The van der Waals surface area contributed by atoms with Gasteiger partial charge in [-0.3, -0.25) is 13.6 Å². The minimum absolute atomic E-state index is 0.294. The van der Waals surface area contributed by atoms with E-state index in [1.54, 1.807) is 0 Å². The van der Waals surface area contributed by atoms with E-state index in [0.29, 0.717) is 6.42 Å². The van der Waals surface area contributed by atoms with Crippen LogP contribution in [0.25, 0.3) is 10.4 Å². The van der Waals surface area contributed by atoms with E-state index in [0.717, 1.165) is 19.3 Å². The van der Waals surface area contributed by atoms with Crippen LogP contribution in [-0.2, 0) is 18.1 Å². The minimum atomic E-state index is -3.49. The lowest BCUT2D eigenvalue weighted by Crippen LogP contribution is -2.30. The monoisotopic (exact) mass is 249 g/mol. The third-order valence-corrected chi connectivity index (χ3v) is 4.00. The molecule has 0 bridgehead atoms. The molecule has 7 nitrogen and oxygen atoms in total. The molecule has 0 aromatic rings. The third-order valence-electron chi connectivity index (χ3n) is 2.58. The molecular weight excluding hydrogens is 233 g/mol. The summed E-state index contributed by atoms with van der Waals surface area (Å²) < 4.78 is 26.4. The highest BCUT2D eigenvalue weighted by atomic mass is 31.2. The molecule has 0 spiro atoms. The van der Waals surface area contributed by atoms with Crippen molar-refractivity contribution in [2.75, 3.05) is 14.2 Å². The summed E-state index contributed by atoms with van der Waals surface area (Å²) in [6.07, 6.45) is 2.97. The van der Waals surface area contributed by atoms with Gasteiger partial charge in [0, 0.05) is 19.1 Å². The van der Waals surface area contributed by atoms with E-state index in [1.807, 2.05) is 0 Å². The summed E-state index contributed by atoms with van der Waals surface area (Å²) in [5, 5.41) is 3.64. The van der Waals surface area contributed by atoms with Crippen molar-refractivity contribution < 1.29 is 18.1 Å². The lowest BCUT2D eigenvalue weighted by molar-refractivity contribution is 0.0705. The Bertz CT molecular complexity index is 310. The Morgan fingerprint density at radius 3 is 2.50 bits per heavy atom. The highest BCUT2D eigenvalue weighted by Gasteiger charge is 2.33. The lowest BCUT2D eigenvalue weighted by Gasteiger charge is -2.29.